The van der Waals surface area contributed by atoms with E-state index in [0.717, 1.165) is 0 Å². The van der Waals surface area contributed by atoms with E-state index in [1.165, 1.54) is 47.8 Å². The highest BCUT2D eigenvalue weighted by Gasteiger charge is 2.26. The van der Waals surface area contributed by atoms with Crippen LogP contribution in [0.2, 0.25) is 5.02 Å². The van der Waals surface area contributed by atoms with E-state index < -0.39 is 11.7 Å². The predicted octanol–water partition coefficient (Wildman–Crippen LogP) is 5.54. The van der Waals surface area contributed by atoms with E-state index in [1.807, 2.05) is 0 Å². The summed E-state index contributed by atoms with van der Waals surface area (Å²) in [5, 5.41) is 0.863. The molecule has 0 aliphatic carbocycles. The van der Waals surface area contributed by atoms with Gasteiger partial charge in [0, 0.05) is 0 Å². The molecule has 5 nitrogen and oxygen atoms in total. The Labute approximate surface area is 168 Å². The minimum absolute atomic E-state index is 0.0497. The van der Waals surface area contributed by atoms with Crippen LogP contribution in [0.3, 0.4) is 0 Å². The Morgan fingerprint density at radius 1 is 1.25 bits per heavy atom. The third-order valence-electron chi connectivity index (χ3n) is 4.14. The summed E-state index contributed by atoms with van der Waals surface area (Å²) in [4.78, 5) is 19.1. The first-order chi connectivity index (χ1) is 13.6. The topological polar surface area (TPSA) is 55.6 Å². The van der Waals surface area contributed by atoms with Crippen LogP contribution < -0.4 is 9.64 Å². The number of amides is 1. The van der Waals surface area contributed by atoms with Crippen LogP contribution in [0.1, 0.15) is 16.1 Å². The molecule has 0 unspecified atom stereocenters. The number of halogens is 2. The highest BCUT2D eigenvalue weighted by molar-refractivity contribution is 7.23. The molecular weight excluding hydrogens is 403 g/mol. The molecule has 0 atom stereocenters. The van der Waals surface area contributed by atoms with Crippen molar-refractivity contribution in [3.8, 4) is 5.75 Å². The number of aromatic nitrogens is 1. The lowest BCUT2D eigenvalue weighted by molar-refractivity contribution is 0.0979. The maximum Gasteiger partial charge on any atom is 0.263 e. The zero-order chi connectivity index (χ0) is 19.7. The summed E-state index contributed by atoms with van der Waals surface area (Å²) >= 11 is 7.53. The maximum absolute atomic E-state index is 14.3. The van der Waals surface area contributed by atoms with Crippen LogP contribution in [-0.2, 0) is 6.54 Å². The third-order valence-corrected chi connectivity index (χ3v) is 5.68. The number of carbonyl (C=O) groups is 1. The van der Waals surface area contributed by atoms with Crippen molar-refractivity contribution in [2.45, 2.75) is 6.54 Å². The Kier molecular flexibility index (Phi) is 5.02. The van der Waals surface area contributed by atoms with Gasteiger partial charge in [0.2, 0.25) is 0 Å². The van der Waals surface area contributed by atoms with Gasteiger partial charge in [-0.1, -0.05) is 35.1 Å². The zero-order valence-corrected chi connectivity index (χ0v) is 16.3. The van der Waals surface area contributed by atoms with Crippen molar-refractivity contribution < 1.29 is 18.3 Å². The standard InChI is InChI=1S/C20H14ClFN2O3S/c1-26-16-9-8-14(21)18-17(16)23-20(28-18)24(11-12-5-4-10-27-12)19(25)13-6-2-3-7-15(13)22/h2-10H,11H2,1H3. The number of rotatable bonds is 5. The first kappa shape index (κ1) is 18.5. The first-order valence-corrected chi connectivity index (χ1v) is 9.49. The zero-order valence-electron chi connectivity index (χ0n) is 14.7. The van der Waals surface area contributed by atoms with Gasteiger partial charge in [-0.2, -0.15) is 0 Å². The molecule has 2 aromatic heterocycles. The number of thiazole rings is 1. The molecule has 28 heavy (non-hydrogen) atoms. The average molecular weight is 417 g/mol. The summed E-state index contributed by atoms with van der Waals surface area (Å²) in [6.07, 6.45) is 1.51. The number of furan rings is 1. The van der Waals surface area contributed by atoms with Gasteiger partial charge in [-0.15, -0.1) is 0 Å². The lowest BCUT2D eigenvalue weighted by atomic mass is 10.2. The largest absolute Gasteiger partial charge is 0.494 e. The van der Waals surface area contributed by atoms with E-state index in [2.05, 4.69) is 4.98 Å². The molecule has 0 radical (unpaired) electrons. The molecule has 0 aliphatic heterocycles. The van der Waals surface area contributed by atoms with Crippen molar-refractivity contribution in [1.29, 1.82) is 0 Å². The molecule has 0 N–H and O–H groups in total. The quantitative estimate of drug-likeness (QED) is 0.428. The minimum atomic E-state index is -0.603. The Bertz CT molecular complexity index is 1140. The Hall–Kier alpha value is -2.90. The van der Waals surface area contributed by atoms with Crippen molar-refractivity contribution in [3.63, 3.8) is 0 Å². The Balaban J connectivity index is 1.84. The maximum atomic E-state index is 14.3. The van der Waals surface area contributed by atoms with Gasteiger partial charge in [-0.25, -0.2) is 9.37 Å². The fourth-order valence-corrected chi connectivity index (χ4v) is 4.04. The molecule has 0 aliphatic rings. The van der Waals surface area contributed by atoms with E-state index >= 15 is 0 Å². The molecule has 4 rings (SSSR count). The van der Waals surface area contributed by atoms with Crippen LogP contribution >= 0.6 is 22.9 Å². The predicted molar refractivity (Wildman–Crippen MR) is 107 cm³/mol. The first-order valence-electron chi connectivity index (χ1n) is 8.30. The van der Waals surface area contributed by atoms with Gasteiger partial charge in [0.25, 0.3) is 5.91 Å². The van der Waals surface area contributed by atoms with Crippen LogP contribution in [0.25, 0.3) is 10.2 Å². The number of hydrogen-bond donors (Lipinski definition) is 0. The molecule has 0 saturated carbocycles. The summed E-state index contributed by atoms with van der Waals surface area (Å²) in [6.45, 7) is 0.0971. The van der Waals surface area contributed by atoms with Gasteiger partial charge in [0.15, 0.2) is 5.13 Å². The van der Waals surface area contributed by atoms with Crippen molar-refractivity contribution >= 4 is 44.2 Å². The number of anilines is 1. The number of ether oxygens (including phenoxy) is 1. The van der Waals surface area contributed by atoms with Crippen molar-refractivity contribution in [1.82, 2.24) is 4.98 Å². The summed E-state index contributed by atoms with van der Waals surface area (Å²) in [5.74, 6) is -0.0440. The van der Waals surface area contributed by atoms with Crippen LogP contribution in [0.4, 0.5) is 9.52 Å². The second-order valence-corrected chi connectivity index (χ2v) is 7.26. The molecule has 4 aromatic rings. The Morgan fingerprint density at radius 3 is 2.79 bits per heavy atom. The second kappa shape index (κ2) is 7.61. The molecule has 1 amide bonds. The normalized spacial score (nSPS) is 11.0. The molecule has 0 fully saturated rings. The second-order valence-electron chi connectivity index (χ2n) is 5.87. The van der Waals surface area contributed by atoms with Crippen molar-refractivity contribution in [3.05, 3.63) is 77.0 Å². The number of hydrogen-bond acceptors (Lipinski definition) is 5. The van der Waals surface area contributed by atoms with Crippen molar-refractivity contribution in [2.75, 3.05) is 12.0 Å². The molecule has 2 heterocycles. The van der Waals surface area contributed by atoms with Gasteiger partial charge in [-0.3, -0.25) is 9.69 Å². The van der Waals surface area contributed by atoms with Crippen LogP contribution in [0.5, 0.6) is 5.75 Å². The summed E-state index contributed by atoms with van der Waals surface area (Å²) < 4.78 is 25.7. The van der Waals surface area contributed by atoms with Gasteiger partial charge < -0.3 is 9.15 Å². The molecule has 2 aromatic carbocycles. The number of fused-ring (bicyclic) bond motifs is 1. The van der Waals surface area contributed by atoms with E-state index in [1.54, 1.807) is 30.3 Å². The summed E-state index contributed by atoms with van der Waals surface area (Å²) in [7, 11) is 1.53. The Morgan fingerprint density at radius 2 is 2.07 bits per heavy atom. The summed E-state index contributed by atoms with van der Waals surface area (Å²) in [5.41, 5.74) is 0.493. The molecule has 142 valence electrons. The van der Waals surface area contributed by atoms with Crippen LogP contribution in [0, 0.1) is 5.82 Å². The number of methoxy groups -OCH3 is 1. The molecular formula is C20H14ClFN2O3S. The molecule has 8 heteroatoms. The highest BCUT2D eigenvalue weighted by atomic mass is 35.5. The summed E-state index contributed by atoms with van der Waals surface area (Å²) in [6, 6.07) is 12.7. The highest BCUT2D eigenvalue weighted by Crippen LogP contribution is 2.39. The van der Waals surface area contributed by atoms with Gasteiger partial charge >= 0.3 is 0 Å². The lowest BCUT2D eigenvalue weighted by Crippen LogP contribution is -2.30. The fourth-order valence-electron chi connectivity index (χ4n) is 2.79. The van der Waals surface area contributed by atoms with E-state index in [-0.39, 0.29) is 12.1 Å². The average Bonchev–Trinajstić information content (AvgIpc) is 3.36. The minimum Gasteiger partial charge on any atom is -0.494 e. The smallest absolute Gasteiger partial charge is 0.263 e. The molecule has 0 saturated heterocycles. The number of nitrogens with zero attached hydrogens (tertiary/aromatic N) is 2. The lowest BCUT2D eigenvalue weighted by Gasteiger charge is -2.19. The monoisotopic (exact) mass is 416 g/mol. The SMILES string of the molecule is COc1ccc(Cl)c2sc(N(Cc3ccco3)C(=O)c3ccccc3F)nc12. The fraction of sp³-hybridized carbons (Fsp3) is 0.100. The van der Waals surface area contributed by atoms with Gasteiger partial charge in [0.1, 0.15) is 22.8 Å². The van der Waals surface area contributed by atoms with E-state index in [9.17, 15) is 9.18 Å². The van der Waals surface area contributed by atoms with Gasteiger partial charge in [0.05, 0.1) is 35.2 Å². The van der Waals surface area contributed by atoms with Crippen molar-refractivity contribution in [2.24, 2.45) is 0 Å². The molecule has 0 bridgehead atoms. The number of benzene rings is 2. The van der Waals surface area contributed by atoms with E-state index in [0.29, 0.717) is 31.9 Å². The van der Waals surface area contributed by atoms with Crippen LogP contribution in [-0.4, -0.2) is 18.0 Å². The number of carbonyl (C=O) groups excluding carboxylic acids is 1. The van der Waals surface area contributed by atoms with Gasteiger partial charge in [-0.05, 0) is 36.4 Å². The third kappa shape index (κ3) is 3.34. The van der Waals surface area contributed by atoms with Crippen LogP contribution in [0.15, 0.2) is 59.2 Å². The molecule has 0 spiro atoms. The van der Waals surface area contributed by atoms with E-state index in [4.69, 9.17) is 20.8 Å².